The van der Waals surface area contributed by atoms with Crippen LogP contribution in [0.2, 0.25) is 0 Å². The molecule has 0 bridgehead atoms. The van der Waals surface area contributed by atoms with Gasteiger partial charge in [0.05, 0.1) is 13.1 Å². The molecule has 156 valence electrons. The van der Waals surface area contributed by atoms with Gasteiger partial charge in [-0.05, 0) is 19.4 Å². The third kappa shape index (κ3) is 6.39. The van der Waals surface area contributed by atoms with Gasteiger partial charge < -0.3 is 9.68 Å². The van der Waals surface area contributed by atoms with E-state index in [2.05, 4.69) is 5.92 Å². The maximum absolute atomic E-state index is 12.1. The van der Waals surface area contributed by atoms with Gasteiger partial charge in [-0.3, -0.25) is 24.1 Å². The van der Waals surface area contributed by atoms with E-state index in [9.17, 15) is 28.8 Å². The Morgan fingerprint density at radius 1 is 0.828 bits per heavy atom. The molecule has 0 N–H and O–H groups in total. The average Bonchev–Trinajstić information content (AvgIpc) is 3.15. The highest BCUT2D eigenvalue weighted by Gasteiger charge is 2.35. The molecule has 2 fully saturated rings. The van der Waals surface area contributed by atoms with Crippen LogP contribution in [0.1, 0.15) is 44.9 Å². The summed E-state index contributed by atoms with van der Waals surface area (Å²) in [7, 11) is 0. The number of hydroxylamine groups is 4. The molecule has 0 aliphatic carbocycles. The van der Waals surface area contributed by atoms with Crippen LogP contribution >= 0.6 is 0 Å². The molecular weight excluding hydrogens is 386 g/mol. The molecule has 2 rings (SSSR count). The third-order valence-corrected chi connectivity index (χ3v) is 4.15. The van der Waals surface area contributed by atoms with Crippen LogP contribution in [0.3, 0.4) is 0 Å². The zero-order chi connectivity index (χ0) is 21.4. The van der Waals surface area contributed by atoms with E-state index in [1.807, 2.05) is 0 Å². The minimum Gasteiger partial charge on any atom is -0.329 e. The van der Waals surface area contributed by atoms with E-state index >= 15 is 0 Å². The molecule has 0 saturated carbocycles. The molecule has 4 amide bonds. The van der Waals surface area contributed by atoms with Crippen LogP contribution in [0.25, 0.3) is 0 Å². The van der Waals surface area contributed by atoms with Crippen molar-refractivity contribution in [2.24, 2.45) is 0 Å². The van der Waals surface area contributed by atoms with Gasteiger partial charge in [-0.25, -0.2) is 9.59 Å². The fourth-order valence-electron chi connectivity index (χ4n) is 2.72. The molecule has 0 aromatic heterocycles. The normalized spacial score (nSPS) is 16.6. The van der Waals surface area contributed by atoms with Gasteiger partial charge in [0.25, 0.3) is 23.6 Å². The van der Waals surface area contributed by atoms with E-state index in [0.717, 1.165) is 0 Å². The molecule has 29 heavy (non-hydrogen) atoms. The van der Waals surface area contributed by atoms with Crippen LogP contribution in [-0.2, 0) is 38.4 Å². The second kappa shape index (κ2) is 10.3. The van der Waals surface area contributed by atoms with Gasteiger partial charge >= 0.3 is 11.9 Å². The Bertz CT molecular complexity index is 673. The van der Waals surface area contributed by atoms with Gasteiger partial charge in [-0.2, -0.15) is 0 Å². The number of rotatable bonds is 10. The summed E-state index contributed by atoms with van der Waals surface area (Å²) in [4.78, 5) is 81.3. The van der Waals surface area contributed by atoms with E-state index in [4.69, 9.17) is 16.1 Å². The summed E-state index contributed by atoms with van der Waals surface area (Å²) in [6.07, 6.45) is 6.75. The van der Waals surface area contributed by atoms with Crippen LogP contribution < -0.4 is 0 Å². The monoisotopic (exact) mass is 407 g/mol. The fourth-order valence-corrected chi connectivity index (χ4v) is 2.72. The lowest BCUT2D eigenvalue weighted by Gasteiger charge is -2.22. The van der Waals surface area contributed by atoms with Crippen molar-refractivity contribution in [2.45, 2.75) is 44.9 Å². The second-order valence-corrected chi connectivity index (χ2v) is 6.46. The Kier molecular flexibility index (Phi) is 7.85. The van der Waals surface area contributed by atoms with Crippen LogP contribution in [0, 0.1) is 12.3 Å². The molecular formula is C18H21N3O8. The number of terminal acetylenes is 1. The summed E-state index contributed by atoms with van der Waals surface area (Å²) < 4.78 is 0. The SMILES string of the molecule is C#CCCCCN(CC(=O)ON1C(=O)CCC1=O)CC(=O)ON1C(=O)CCC1=O. The third-order valence-electron chi connectivity index (χ3n) is 4.15. The molecule has 0 spiro atoms. The van der Waals surface area contributed by atoms with Crippen molar-refractivity contribution in [2.75, 3.05) is 19.6 Å². The maximum atomic E-state index is 12.1. The first-order chi connectivity index (χ1) is 13.8. The van der Waals surface area contributed by atoms with Crippen molar-refractivity contribution in [3.05, 3.63) is 0 Å². The number of imide groups is 2. The van der Waals surface area contributed by atoms with E-state index < -0.39 is 48.7 Å². The minimum absolute atomic E-state index is 0.0356. The Balaban J connectivity index is 1.91. The van der Waals surface area contributed by atoms with E-state index in [1.165, 1.54) is 4.90 Å². The summed E-state index contributed by atoms with van der Waals surface area (Å²) in [6, 6.07) is 0. The molecule has 0 aromatic carbocycles. The second-order valence-electron chi connectivity index (χ2n) is 6.46. The van der Waals surface area contributed by atoms with Crippen molar-refractivity contribution in [1.29, 1.82) is 0 Å². The maximum Gasteiger partial charge on any atom is 0.347 e. The molecule has 2 aliphatic rings. The number of hydrogen-bond donors (Lipinski definition) is 0. The van der Waals surface area contributed by atoms with Gasteiger partial charge in [0, 0.05) is 32.1 Å². The molecule has 2 heterocycles. The fraction of sp³-hybridized carbons (Fsp3) is 0.556. The van der Waals surface area contributed by atoms with Crippen molar-refractivity contribution in [3.63, 3.8) is 0 Å². The standard InChI is InChI=1S/C18H21N3O8/c1-2-3-4-5-10-19(11-17(26)28-20-13(22)6-7-14(20)23)12-18(27)29-21-15(24)8-9-16(21)25/h1H,3-12H2. The van der Waals surface area contributed by atoms with Gasteiger partial charge in [0.2, 0.25) is 0 Å². The first-order valence-corrected chi connectivity index (χ1v) is 9.10. The molecule has 0 atom stereocenters. The highest BCUT2D eigenvalue weighted by atomic mass is 16.7. The quantitative estimate of drug-likeness (QED) is 0.262. The number of unbranched alkanes of at least 4 members (excludes halogenated alkanes) is 2. The Morgan fingerprint density at radius 2 is 1.24 bits per heavy atom. The number of carbonyl (C=O) groups excluding carboxylic acids is 6. The van der Waals surface area contributed by atoms with Crippen molar-refractivity contribution in [3.8, 4) is 12.3 Å². The molecule has 11 nitrogen and oxygen atoms in total. The summed E-state index contributed by atoms with van der Waals surface area (Å²) in [6.45, 7) is -0.566. The van der Waals surface area contributed by atoms with Gasteiger partial charge in [-0.15, -0.1) is 22.5 Å². The Hall–Kier alpha value is -3.26. The first-order valence-electron chi connectivity index (χ1n) is 9.10. The van der Waals surface area contributed by atoms with Crippen LogP contribution in [-0.4, -0.2) is 70.2 Å². The highest BCUT2D eigenvalue weighted by molar-refractivity contribution is 6.02. The summed E-state index contributed by atoms with van der Waals surface area (Å²) >= 11 is 0. The molecule has 2 aliphatic heterocycles. The van der Waals surface area contributed by atoms with Crippen LogP contribution in [0.5, 0.6) is 0 Å². The number of hydrogen-bond acceptors (Lipinski definition) is 9. The zero-order valence-corrected chi connectivity index (χ0v) is 15.8. The van der Waals surface area contributed by atoms with Gasteiger partial charge in [-0.1, -0.05) is 0 Å². The topological polar surface area (TPSA) is 131 Å². The lowest BCUT2D eigenvalue weighted by Crippen LogP contribution is -2.42. The smallest absolute Gasteiger partial charge is 0.329 e. The van der Waals surface area contributed by atoms with Crippen molar-refractivity contribution >= 4 is 35.6 Å². The number of nitrogens with zero attached hydrogens (tertiary/aromatic N) is 3. The van der Waals surface area contributed by atoms with E-state index in [1.54, 1.807) is 0 Å². The molecule has 2 saturated heterocycles. The molecule has 11 heteroatoms. The zero-order valence-electron chi connectivity index (χ0n) is 15.8. The molecule has 0 unspecified atom stereocenters. The summed E-state index contributed by atoms with van der Waals surface area (Å²) in [5.41, 5.74) is 0. The highest BCUT2D eigenvalue weighted by Crippen LogP contribution is 2.14. The van der Waals surface area contributed by atoms with Crippen molar-refractivity contribution < 1.29 is 38.4 Å². The van der Waals surface area contributed by atoms with Crippen molar-refractivity contribution in [1.82, 2.24) is 15.0 Å². The first kappa shape index (κ1) is 22.0. The number of carbonyl (C=O) groups is 6. The van der Waals surface area contributed by atoms with Crippen LogP contribution in [0.4, 0.5) is 0 Å². The minimum atomic E-state index is -0.910. The van der Waals surface area contributed by atoms with Gasteiger partial charge in [0.15, 0.2) is 0 Å². The van der Waals surface area contributed by atoms with Gasteiger partial charge in [0.1, 0.15) is 0 Å². The average molecular weight is 407 g/mol. The largest absolute Gasteiger partial charge is 0.347 e. The van der Waals surface area contributed by atoms with Crippen LogP contribution in [0.15, 0.2) is 0 Å². The lowest BCUT2D eigenvalue weighted by molar-refractivity contribution is -0.201. The van der Waals surface area contributed by atoms with E-state index in [0.29, 0.717) is 29.4 Å². The predicted molar refractivity (Wildman–Crippen MR) is 93.5 cm³/mol. The van der Waals surface area contributed by atoms with E-state index in [-0.39, 0.29) is 32.2 Å². The number of amides is 4. The summed E-state index contributed by atoms with van der Waals surface area (Å²) in [5, 5.41) is 0.831. The Labute approximate surface area is 166 Å². The molecule has 0 aromatic rings. The lowest BCUT2D eigenvalue weighted by atomic mass is 10.2. The molecule has 0 radical (unpaired) electrons. The summed E-state index contributed by atoms with van der Waals surface area (Å²) in [5.74, 6) is -1.81. The Morgan fingerprint density at radius 3 is 1.62 bits per heavy atom. The predicted octanol–water partition coefficient (Wildman–Crippen LogP) is -0.694.